The molecule has 4 rings (SSSR count). The highest BCUT2D eigenvalue weighted by atomic mass is 32.1. The molecule has 0 radical (unpaired) electrons. The van der Waals surface area contributed by atoms with Gasteiger partial charge >= 0.3 is 0 Å². The summed E-state index contributed by atoms with van der Waals surface area (Å²) in [6.45, 7) is 5.57. The number of amides is 1. The van der Waals surface area contributed by atoms with Crippen LogP contribution >= 0.6 is 11.3 Å². The number of nitrogens with one attached hydrogen (secondary N) is 1. The van der Waals surface area contributed by atoms with Crippen LogP contribution in [0.3, 0.4) is 0 Å². The lowest BCUT2D eigenvalue weighted by molar-refractivity contribution is -0.116. The second-order valence-electron chi connectivity index (χ2n) is 6.74. The van der Waals surface area contributed by atoms with Crippen LogP contribution in [0.5, 0.6) is 5.75 Å². The van der Waals surface area contributed by atoms with Gasteiger partial charge in [0.15, 0.2) is 5.13 Å². The molecule has 0 spiro atoms. The van der Waals surface area contributed by atoms with E-state index in [1.807, 2.05) is 49.4 Å². The minimum Gasteiger partial charge on any atom is -0.493 e. The van der Waals surface area contributed by atoms with Gasteiger partial charge in [-0.05, 0) is 42.8 Å². The van der Waals surface area contributed by atoms with E-state index in [1.165, 1.54) is 0 Å². The normalized spacial score (nSPS) is 14.2. The van der Waals surface area contributed by atoms with Gasteiger partial charge in [-0.25, -0.2) is 4.98 Å². The SMILES string of the molecule is Cc1cccc(OCCC(=O)Nc2ccc3nc(N4CCOCC4)sc3c2)c1. The molecule has 0 aliphatic carbocycles. The first-order valence-electron chi connectivity index (χ1n) is 9.40. The van der Waals surface area contributed by atoms with Gasteiger partial charge in [-0.15, -0.1) is 0 Å². The second kappa shape index (κ2) is 8.58. The van der Waals surface area contributed by atoms with E-state index in [9.17, 15) is 4.79 Å². The van der Waals surface area contributed by atoms with E-state index >= 15 is 0 Å². The van der Waals surface area contributed by atoms with E-state index in [0.29, 0.717) is 13.0 Å². The van der Waals surface area contributed by atoms with Gasteiger partial charge in [-0.2, -0.15) is 0 Å². The first-order chi connectivity index (χ1) is 13.7. The summed E-state index contributed by atoms with van der Waals surface area (Å²) in [4.78, 5) is 19.2. The number of aryl methyl sites for hydroxylation is 1. The third kappa shape index (κ3) is 4.61. The molecule has 0 saturated carbocycles. The fourth-order valence-corrected chi connectivity index (χ4v) is 4.13. The van der Waals surface area contributed by atoms with E-state index in [0.717, 1.165) is 58.7 Å². The standard InChI is InChI=1S/C21H23N3O3S/c1-15-3-2-4-17(13-15)27-10-7-20(25)22-16-5-6-18-19(14-16)28-21(23-18)24-8-11-26-12-9-24/h2-6,13-14H,7-12H2,1H3,(H,22,25). The Morgan fingerprint density at radius 2 is 2.11 bits per heavy atom. The van der Waals surface area contributed by atoms with Gasteiger partial charge in [0.1, 0.15) is 5.75 Å². The maximum atomic E-state index is 12.2. The van der Waals surface area contributed by atoms with Gasteiger partial charge in [0.05, 0.1) is 36.5 Å². The van der Waals surface area contributed by atoms with Crippen molar-refractivity contribution < 1.29 is 14.3 Å². The maximum Gasteiger partial charge on any atom is 0.227 e. The van der Waals surface area contributed by atoms with Crippen molar-refractivity contribution in [1.29, 1.82) is 0 Å². The number of benzene rings is 2. The van der Waals surface area contributed by atoms with Crippen LogP contribution in [-0.2, 0) is 9.53 Å². The zero-order valence-electron chi connectivity index (χ0n) is 15.8. The molecule has 2 heterocycles. The fourth-order valence-electron chi connectivity index (χ4n) is 3.07. The molecule has 0 atom stereocenters. The summed E-state index contributed by atoms with van der Waals surface area (Å²) in [7, 11) is 0. The van der Waals surface area contributed by atoms with E-state index in [4.69, 9.17) is 14.5 Å². The molecule has 1 N–H and O–H groups in total. The zero-order chi connectivity index (χ0) is 19.3. The van der Waals surface area contributed by atoms with Gasteiger partial charge in [0, 0.05) is 18.8 Å². The van der Waals surface area contributed by atoms with E-state index in [1.54, 1.807) is 11.3 Å². The quantitative estimate of drug-likeness (QED) is 0.685. The number of anilines is 2. The van der Waals surface area contributed by atoms with Crippen molar-refractivity contribution in [3.63, 3.8) is 0 Å². The average molecular weight is 398 g/mol. The minimum atomic E-state index is -0.0649. The third-order valence-corrected chi connectivity index (χ3v) is 5.61. The molecule has 3 aromatic rings. The summed E-state index contributed by atoms with van der Waals surface area (Å²) in [5.74, 6) is 0.722. The summed E-state index contributed by atoms with van der Waals surface area (Å²) in [5, 5.41) is 3.95. The molecule has 0 bridgehead atoms. The predicted molar refractivity (Wildman–Crippen MR) is 113 cm³/mol. The van der Waals surface area contributed by atoms with Crippen LogP contribution in [0.25, 0.3) is 10.2 Å². The monoisotopic (exact) mass is 397 g/mol. The number of hydrogen-bond acceptors (Lipinski definition) is 6. The Morgan fingerprint density at radius 1 is 1.25 bits per heavy atom. The Morgan fingerprint density at radius 3 is 2.93 bits per heavy atom. The molecule has 7 heteroatoms. The number of rotatable bonds is 6. The van der Waals surface area contributed by atoms with Gasteiger partial charge < -0.3 is 19.7 Å². The highest BCUT2D eigenvalue weighted by Crippen LogP contribution is 2.31. The highest BCUT2D eigenvalue weighted by Gasteiger charge is 2.15. The molecule has 28 heavy (non-hydrogen) atoms. The van der Waals surface area contributed by atoms with Crippen LogP contribution in [0.4, 0.5) is 10.8 Å². The molecule has 1 aliphatic heterocycles. The number of carbonyl (C=O) groups excluding carboxylic acids is 1. The number of ether oxygens (including phenoxy) is 2. The van der Waals surface area contributed by atoms with Crippen molar-refractivity contribution in [2.45, 2.75) is 13.3 Å². The number of morpholine rings is 1. The first kappa shape index (κ1) is 18.7. The molecule has 0 unspecified atom stereocenters. The Balaban J connectivity index is 1.34. The molecule has 1 fully saturated rings. The third-order valence-electron chi connectivity index (χ3n) is 4.53. The van der Waals surface area contributed by atoms with Gasteiger partial charge in [-0.3, -0.25) is 4.79 Å². The number of fused-ring (bicyclic) bond motifs is 1. The largest absolute Gasteiger partial charge is 0.493 e. The zero-order valence-corrected chi connectivity index (χ0v) is 16.6. The molecule has 2 aromatic carbocycles. The minimum absolute atomic E-state index is 0.0649. The van der Waals surface area contributed by atoms with Crippen molar-refractivity contribution >= 4 is 38.3 Å². The number of thiazole rings is 1. The smallest absolute Gasteiger partial charge is 0.227 e. The van der Waals surface area contributed by atoms with Gasteiger partial charge in [-0.1, -0.05) is 23.5 Å². The fraction of sp³-hybridized carbons (Fsp3) is 0.333. The summed E-state index contributed by atoms with van der Waals surface area (Å²) < 4.78 is 12.1. The molecule has 1 aliphatic rings. The summed E-state index contributed by atoms with van der Waals surface area (Å²) in [5.41, 5.74) is 2.87. The van der Waals surface area contributed by atoms with Gasteiger partial charge in [0.2, 0.25) is 5.91 Å². The Kier molecular flexibility index (Phi) is 5.73. The lowest BCUT2D eigenvalue weighted by atomic mass is 10.2. The molecular weight excluding hydrogens is 374 g/mol. The maximum absolute atomic E-state index is 12.2. The summed E-state index contributed by atoms with van der Waals surface area (Å²) in [6.07, 6.45) is 0.299. The van der Waals surface area contributed by atoms with Crippen molar-refractivity contribution in [3.05, 3.63) is 48.0 Å². The lowest BCUT2D eigenvalue weighted by Gasteiger charge is -2.25. The number of carbonyl (C=O) groups is 1. The molecule has 1 saturated heterocycles. The van der Waals surface area contributed by atoms with Crippen LogP contribution in [-0.4, -0.2) is 43.8 Å². The predicted octanol–water partition coefficient (Wildman–Crippen LogP) is 3.85. The summed E-state index contributed by atoms with van der Waals surface area (Å²) >= 11 is 1.64. The van der Waals surface area contributed by atoms with Crippen LogP contribution < -0.4 is 15.0 Å². The molecule has 6 nitrogen and oxygen atoms in total. The van der Waals surface area contributed by atoms with E-state index in [-0.39, 0.29) is 5.91 Å². The van der Waals surface area contributed by atoms with E-state index in [2.05, 4.69) is 10.2 Å². The topological polar surface area (TPSA) is 63.7 Å². The van der Waals surface area contributed by atoms with Crippen molar-refractivity contribution in [1.82, 2.24) is 4.98 Å². The van der Waals surface area contributed by atoms with Crippen LogP contribution in [0.2, 0.25) is 0 Å². The van der Waals surface area contributed by atoms with Crippen LogP contribution in [0.15, 0.2) is 42.5 Å². The summed E-state index contributed by atoms with van der Waals surface area (Å²) in [6, 6.07) is 13.6. The van der Waals surface area contributed by atoms with Crippen molar-refractivity contribution in [2.75, 3.05) is 43.1 Å². The lowest BCUT2D eigenvalue weighted by Crippen LogP contribution is -2.36. The Hall–Kier alpha value is -2.64. The first-order valence-corrected chi connectivity index (χ1v) is 10.2. The highest BCUT2D eigenvalue weighted by molar-refractivity contribution is 7.22. The van der Waals surface area contributed by atoms with Gasteiger partial charge in [0.25, 0.3) is 0 Å². The van der Waals surface area contributed by atoms with Crippen LogP contribution in [0, 0.1) is 6.92 Å². The molecule has 1 amide bonds. The Bertz CT molecular complexity index is 966. The molecule has 146 valence electrons. The van der Waals surface area contributed by atoms with Crippen LogP contribution in [0.1, 0.15) is 12.0 Å². The molecule has 1 aromatic heterocycles. The number of hydrogen-bond donors (Lipinski definition) is 1. The number of aromatic nitrogens is 1. The Labute approximate surface area is 168 Å². The van der Waals surface area contributed by atoms with Crippen molar-refractivity contribution in [2.24, 2.45) is 0 Å². The number of nitrogens with zero attached hydrogens (tertiary/aromatic N) is 2. The van der Waals surface area contributed by atoms with Crippen molar-refractivity contribution in [3.8, 4) is 5.75 Å². The molecular formula is C21H23N3O3S. The second-order valence-corrected chi connectivity index (χ2v) is 7.75. The average Bonchev–Trinajstić information content (AvgIpc) is 3.12. The van der Waals surface area contributed by atoms with E-state index < -0.39 is 0 Å².